The summed E-state index contributed by atoms with van der Waals surface area (Å²) in [4.78, 5) is 119. The van der Waals surface area contributed by atoms with Crippen LogP contribution in [0.2, 0.25) is 0 Å². The largest absolute Gasteiger partial charge is 0.508 e. The van der Waals surface area contributed by atoms with Gasteiger partial charge in [0.2, 0.25) is 47.3 Å². The van der Waals surface area contributed by atoms with Crippen molar-refractivity contribution >= 4 is 101 Å². The van der Waals surface area contributed by atoms with Gasteiger partial charge in [0.1, 0.15) is 48.0 Å². The highest BCUT2D eigenvalue weighted by molar-refractivity contribution is 8.76. The number of aromatic hydroxyl groups is 1. The van der Waals surface area contributed by atoms with Gasteiger partial charge in [-0.05, 0) is 93.7 Å². The van der Waals surface area contributed by atoms with Gasteiger partial charge in [0.25, 0.3) is 0 Å². The number of para-hydroxylation sites is 1. The van der Waals surface area contributed by atoms with E-state index < -0.39 is 102 Å². The normalized spacial score (nSPS) is 20.4. The summed E-state index contributed by atoms with van der Waals surface area (Å²) >= 11 is 0. The molecule has 0 radical (unpaired) electrons. The highest BCUT2D eigenvalue weighted by atomic mass is 33.1. The zero-order chi connectivity index (χ0) is 59.9. The Bertz CT molecular complexity index is 3510. The fourth-order valence-corrected chi connectivity index (χ4v) is 12.3. The van der Waals surface area contributed by atoms with Crippen LogP contribution >= 0.6 is 21.6 Å². The number of aromatic nitrogens is 1. The van der Waals surface area contributed by atoms with E-state index >= 15 is 0 Å². The van der Waals surface area contributed by atoms with Gasteiger partial charge in [0.15, 0.2) is 0 Å². The zero-order valence-electron chi connectivity index (χ0n) is 46.6. The number of benzene rings is 6. The van der Waals surface area contributed by atoms with Crippen LogP contribution < -0.4 is 54.4 Å². The fourth-order valence-electron chi connectivity index (χ4n) is 9.95. The Morgan fingerprint density at radius 3 is 1.83 bits per heavy atom. The van der Waals surface area contributed by atoms with Crippen molar-refractivity contribution in [1.82, 2.24) is 42.2 Å². The quantitative estimate of drug-likeness (QED) is 0.0583. The lowest BCUT2D eigenvalue weighted by Crippen LogP contribution is -2.61. The number of nitrogens with one attached hydrogen (secondary N) is 8. The van der Waals surface area contributed by atoms with E-state index in [1.807, 2.05) is 109 Å². The number of hydrogen-bond acceptors (Lipinski definition) is 13. The van der Waals surface area contributed by atoms with Crippen LogP contribution in [0.5, 0.6) is 5.75 Å². The minimum atomic E-state index is -1.41. The third-order valence-electron chi connectivity index (χ3n) is 14.7. The van der Waals surface area contributed by atoms with Gasteiger partial charge in [0.05, 0.1) is 6.04 Å². The molecule has 0 spiro atoms. The molecule has 0 aliphatic carbocycles. The van der Waals surface area contributed by atoms with Crippen molar-refractivity contribution in [2.45, 2.75) is 101 Å². The summed E-state index contributed by atoms with van der Waals surface area (Å²) in [6, 6.07) is 29.6. The molecule has 8 rings (SSSR count). The number of amides is 8. The second kappa shape index (κ2) is 29.2. The molecule has 1 saturated heterocycles. The van der Waals surface area contributed by atoms with Crippen LogP contribution in [0.3, 0.4) is 0 Å². The second-order valence-electron chi connectivity index (χ2n) is 21.3. The van der Waals surface area contributed by atoms with E-state index in [2.05, 4.69) is 42.2 Å². The molecule has 2 heterocycles. The summed E-state index contributed by atoms with van der Waals surface area (Å²) in [6.45, 7) is 3.52. The Labute approximate surface area is 494 Å². The monoisotopic (exact) mass is 1180 g/mol. The van der Waals surface area contributed by atoms with Crippen LogP contribution in [0.4, 0.5) is 0 Å². The van der Waals surface area contributed by atoms with Gasteiger partial charge < -0.3 is 64.5 Å². The maximum atomic E-state index is 14.9. The number of primary amides is 1. The van der Waals surface area contributed by atoms with Gasteiger partial charge in [-0.1, -0.05) is 151 Å². The number of aromatic amines is 1. The third kappa shape index (κ3) is 16.6. The van der Waals surface area contributed by atoms with Crippen molar-refractivity contribution in [2.24, 2.45) is 23.1 Å². The number of carbonyl (C=O) groups excluding carboxylic acids is 8. The predicted octanol–water partition coefficient (Wildman–Crippen LogP) is 3.45. The van der Waals surface area contributed by atoms with Gasteiger partial charge in [-0.3, -0.25) is 38.4 Å². The predicted molar refractivity (Wildman–Crippen MR) is 328 cm³/mol. The van der Waals surface area contributed by atoms with Gasteiger partial charge >= 0.3 is 0 Å². The number of rotatable bonds is 17. The van der Waals surface area contributed by atoms with Gasteiger partial charge in [0, 0.05) is 47.9 Å². The lowest BCUT2D eigenvalue weighted by atomic mass is 10.00. The lowest BCUT2D eigenvalue weighted by molar-refractivity contribution is -0.136. The molecule has 8 atom stereocenters. The van der Waals surface area contributed by atoms with Gasteiger partial charge in [-0.15, -0.1) is 0 Å². The molecular formula is C62H71N11O9S2. The molecule has 1 aliphatic rings. The van der Waals surface area contributed by atoms with Crippen molar-refractivity contribution in [1.29, 1.82) is 0 Å². The Morgan fingerprint density at radius 1 is 0.631 bits per heavy atom. The summed E-state index contributed by atoms with van der Waals surface area (Å²) in [6.07, 6.45) is 1.88. The number of hydrogen-bond donors (Lipinski definition) is 12. The first-order chi connectivity index (χ1) is 40.4. The smallest absolute Gasteiger partial charge is 0.244 e. The molecule has 22 heteroatoms. The number of carbonyl (C=O) groups is 8. The summed E-state index contributed by atoms with van der Waals surface area (Å²) in [5.74, 6) is -7.15. The topological polar surface area (TPSA) is 335 Å². The molecule has 84 heavy (non-hydrogen) atoms. The summed E-state index contributed by atoms with van der Waals surface area (Å²) in [7, 11) is 2.13. The van der Waals surface area contributed by atoms with Crippen molar-refractivity contribution in [2.75, 3.05) is 18.1 Å². The Morgan fingerprint density at radius 2 is 1.19 bits per heavy atom. The number of fused-ring (bicyclic) bond motifs is 3. The highest BCUT2D eigenvalue weighted by Crippen LogP contribution is 2.26. The number of H-pyrrole nitrogens is 1. The molecule has 6 aromatic carbocycles. The first-order valence-corrected chi connectivity index (χ1v) is 30.3. The van der Waals surface area contributed by atoms with E-state index in [0.717, 1.165) is 59.6 Å². The lowest BCUT2D eigenvalue weighted by Gasteiger charge is -2.29. The van der Waals surface area contributed by atoms with Crippen LogP contribution in [-0.2, 0) is 64.0 Å². The van der Waals surface area contributed by atoms with E-state index in [1.165, 1.54) is 12.1 Å². The molecule has 1 aromatic heterocycles. The number of phenolic OH excluding ortho intramolecular Hbond substituents is 1. The average Bonchev–Trinajstić information content (AvgIpc) is 4.10. The summed E-state index contributed by atoms with van der Waals surface area (Å²) < 4.78 is 0. The average molecular weight is 1180 g/mol. The maximum Gasteiger partial charge on any atom is 0.244 e. The fraction of sp³-hybridized carbons (Fsp3) is 0.323. The maximum absolute atomic E-state index is 14.9. The van der Waals surface area contributed by atoms with Crippen molar-refractivity contribution in [3.05, 3.63) is 162 Å². The molecule has 440 valence electrons. The van der Waals surface area contributed by atoms with Crippen molar-refractivity contribution < 1.29 is 43.5 Å². The summed E-state index contributed by atoms with van der Waals surface area (Å²) in [5, 5.41) is 34.4. The molecule has 8 amide bonds. The molecule has 1 fully saturated rings. The molecule has 7 aromatic rings. The molecule has 20 nitrogen and oxygen atoms in total. The number of phenols is 1. The third-order valence-corrected chi connectivity index (χ3v) is 17.1. The molecule has 1 aliphatic heterocycles. The molecule has 0 saturated carbocycles. The van der Waals surface area contributed by atoms with Gasteiger partial charge in [-0.25, -0.2) is 0 Å². The van der Waals surface area contributed by atoms with E-state index in [0.29, 0.717) is 16.7 Å². The van der Waals surface area contributed by atoms with Crippen LogP contribution in [0, 0.1) is 5.92 Å². The van der Waals surface area contributed by atoms with Crippen LogP contribution in [0.15, 0.2) is 140 Å². The molecule has 15 N–H and O–H groups in total. The van der Waals surface area contributed by atoms with Crippen molar-refractivity contribution in [3.8, 4) is 5.75 Å². The van der Waals surface area contributed by atoms with Crippen LogP contribution in [-0.4, -0.2) is 124 Å². The second-order valence-corrected chi connectivity index (χ2v) is 23.9. The first-order valence-electron chi connectivity index (χ1n) is 27.8. The standard InChI is InChI=1S/C62H71N11O9S2/c1-35(2)54-62(82)72-53(60(80)68-49(55(65)75)30-38-18-22-40-11-4-6-13-42(40)27-38)34-84-83-33-52(71-56(76)46(64)28-37-17-21-39-10-3-5-12-41(39)26-37)61(81)69-50(29-36-19-23-44(74)24-20-36)58(78)70-51(31-43-32-66-47-15-8-7-14-45(43)47)59(79)67-48(16-9-25-63)57(77)73-54/h3-8,10-15,17-24,26-27,32,35,46,48-54,66,74H,9,16,25,28-31,33-34,63-64H2,1-2H3,(H2,65,75)(H,67,79)(H,68,80)(H,69,81)(H,70,78)(H,71,76)(H,72,82)(H,73,77)/t46-,48+,49+,50+,51-,52-,53+,54+/m1/s1. The van der Waals surface area contributed by atoms with Crippen LogP contribution in [0.25, 0.3) is 32.4 Å². The van der Waals surface area contributed by atoms with E-state index in [4.69, 9.17) is 17.2 Å². The first kappa shape index (κ1) is 61.6. The highest BCUT2D eigenvalue weighted by Gasteiger charge is 2.36. The van der Waals surface area contributed by atoms with E-state index in [9.17, 15) is 43.5 Å². The molecule has 0 unspecified atom stereocenters. The molecular weight excluding hydrogens is 1110 g/mol. The van der Waals surface area contributed by atoms with Crippen molar-refractivity contribution in [3.63, 3.8) is 0 Å². The van der Waals surface area contributed by atoms with E-state index in [-0.39, 0.29) is 62.3 Å². The SMILES string of the molecule is CC(C)[C@@H]1NC(=O)[C@H](CCCN)NC(=O)[C@@H](Cc2c[nH]c3ccccc23)NC(=O)[C@H](Cc2ccc(O)cc2)NC(=O)[C@H](NC(=O)[C@H](N)Cc2ccc3ccccc3c2)CSSC[C@@H](C(=O)N[C@@H](Cc2ccc3ccccc3c2)C(N)=O)NC1=O. The Hall–Kier alpha value is -8.44. The van der Waals surface area contributed by atoms with E-state index in [1.54, 1.807) is 32.2 Å². The Kier molecular flexibility index (Phi) is 21.4. The zero-order valence-corrected chi connectivity index (χ0v) is 48.2. The minimum Gasteiger partial charge on any atom is -0.508 e. The molecule has 0 bridgehead atoms. The summed E-state index contributed by atoms with van der Waals surface area (Å²) in [5.41, 5.74) is 21.8. The Balaban J connectivity index is 1.14. The number of nitrogens with two attached hydrogens (primary N) is 3. The van der Waals surface area contributed by atoms with Crippen LogP contribution in [0.1, 0.15) is 48.9 Å². The minimum absolute atomic E-state index is 0.0168. The van der Waals surface area contributed by atoms with Gasteiger partial charge in [-0.2, -0.15) is 0 Å².